The average Bonchev–Trinajstić information content (AvgIpc) is 3.39. The summed E-state index contributed by atoms with van der Waals surface area (Å²) in [5.74, 6) is 0.136. The summed E-state index contributed by atoms with van der Waals surface area (Å²) in [5, 5.41) is 0. The molecule has 35 heavy (non-hydrogen) atoms. The van der Waals surface area contributed by atoms with Crippen molar-refractivity contribution in [1.29, 1.82) is 0 Å². The highest BCUT2D eigenvalue weighted by Crippen LogP contribution is 2.23. The maximum atomic E-state index is 14.3. The predicted molar refractivity (Wildman–Crippen MR) is 128 cm³/mol. The Kier molecular flexibility index (Phi) is 6.54. The fraction of sp³-hybridized carbons (Fsp3) is 0.333. The minimum Gasteiger partial charge on any atom is -0.379 e. The van der Waals surface area contributed by atoms with E-state index in [2.05, 4.69) is 4.98 Å². The molecule has 0 spiro atoms. The molecule has 2 saturated heterocycles. The number of halogens is 1. The Labute approximate surface area is 203 Å². The SMILES string of the molecule is O=C(c1ccc(S(=O)(=O)N2CCOCC2)cc1)N1CCN(c2nccn2-c2ccccc2F)CC1. The van der Waals surface area contributed by atoms with Crippen molar-refractivity contribution >= 4 is 21.9 Å². The van der Waals surface area contributed by atoms with Gasteiger partial charge >= 0.3 is 0 Å². The van der Waals surface area contributed by atoms with Gasteiger partial charge in [-0.3, -0.25) is 9.36 Å². The lowest BCUT2D eigenvalue weighted by molar-refractivity contribution is 0.0730. The lowest BCUT2D eigenvalue weighted by Crippen LogP contribution is -2.49. The normalized spacial score (nSPS) is 17.5. The number of hydrogen-bond donors (Lipinski definition) is 0. The summed E-state index contributed by atoms with van der Waals surface area (Å²) < 4.78 is 48.3. The Bertz CT molecular complexity index is 1300. The molecular formula is C24H26FN5O4S. The van der Waals surface area contributed by atoms with Crippen LogP contribution >= 0.6 is 0 Å². The van der Waals surface area contributed by atoms with Gasteiger partial charge in [0.05, 0.1) is 23.8 Å². The largest absolute Gasteiger partial charge is 0.379 e. The second-order valence-corrected chi connectivity index (χ2v) is 10.3. The van der Waals surface area contributed by atoms with E-state index in [0.717, 1.165) is 0 Å². The summed E-state index contributed by atoms with van der Waals surface area (Å²) in [6.07, 6.45) is 3.35. The van der Waals surface area contributed by atoms with Crippen LogP contribution in [0.2, 0.25) is 0 Å². The zero-order chi connectivity index (χ0) is 24.4. The van der Waals surface area contributed by atoms with Crippen molar-refractivity contribution in [2.75, 3.05) is 57.4 Å². The third-order valence-electron chi connectivity index (χ3n) is 6.29. The first-order valence-corrected chi connectivity index (χ1v) is 12.9. The summed E-state index contributed by atoms with van der Waals surface area (Å²) in [6, 6.07) is 12.6. The first-order chi connectivity index (χ1) is 16.9. The molecule has 3 heterocycles. The number of rotatable bonds is 5. The lowest BCUT2D eigenvalue weighted by Gasteiger charge is -2.35. The van der Waals surface area contributed by atoms with Crippen LogP contribution in [-0.4, -0.2) is 85.6 Å². The van der Waals surface area contributed by atoms with E-state index < -0.39 is 10.0 Å². The summed E-state index contributed by atoms with van der Waals surface area (Å²) >= 11 is 0. The quantitative estimate of drug-likeness (QED) is 0.534. The van der Waals surface area contributed by atoms with Crippen LogP contribution in [0.3, 0.4) is 0 Å². The maximum Gasteiger partial charge on any atom is 0.253 e. The van der Waals surface area contributed by atoms with Crippen LogP contribution in [0.4, 0.5) is 10.3 Å². The molecule has 1 amide bonds. The van der Waals surface area contributed by atoms with E-state index in [1.54, 1.807) is 52.2 Å². The van der Waals surface area contributed by atoms with E-state index >= 15 is 0 Å². The number of ether oxygens (including phenoxy) is 1. The Balaban J connectivity index is 1.24. The molecule has 0 bridgehead atoms. The Hall–Kier alpha value is -3.28. The number of morpholine rings is 1. The van der Waals surface area contributed by atoms with Crippen LogP contribution in [0.1, 0.15) is 10.4 Å². The van der Waals surface area contributed by atoms with Crippen LogP contribution in [0.5, 0.6) is 0 Å². The first kappa shape index (κ1) is 23.5. The number of aromatic nitrogens is 2. The van der Waals surface area contributed by atoms with Crippen LogP contribution in [0.25, 0.3) is 5.69 Å². The molecular weight excluding hydrogens is 473 g/mol. The van der Waals surface area contributed by atoms with Crippen molar-refractivity contribution in [2.24, 2.45) is 0 Å². The molecule has 3 aromatic rings. The monoisotopic (exact) mass is 499 g/mol. The number of para-hydroxylation sites is 1. The number of carbonyl (C=O) groups excluding carboxylic acids is 1. The molecule has 0 saturated carbocycles. The maximum absolute atomic E-state index is 14.3. The number of carbonyl (C=O) groups is 1. The van der Waals surface area contributed by atoms with Gasteiger partial charge in [-0.15, -0.1) is 0 Å². The zero-order valence-corrected chi connectivity index (χ0v) is 19.9. The number of nitrogens with zero attached hydrogens (tertiary/aromatic N) is 5. The number of imidazole rings is 1. The molecule has 9 nitrogen and oxygen atoms in total. The Morgan fingerprint density at radius 1 is 0.914 bits per heavy atom. The van der Waals surface area contributed by atoms with E-state index in [0.29, 0.717) is 69.7 Å². The van der Waals surface area contributed by atoms with Crippen molar-refractivity contribution in [3.05, 3.63) is 72.3 Å². The predicted octanol–water partition coefficient (Wildman–Crippen LogP) is 1.99. The molecule has 0 aliphatic carbocycles. The molecule has 2 aliphatic rings. The highest BCUT2D eigenvalue weighted by Gasteiger charge is 2.28. The van der Waals surface area contributed by atoms with Crippen LogP contribution < -0.4 is 4.90 Å². The highest BCUT2D eigenvalue weighted by molar-refractivity contribution is 7.89. The third-order valence-corrected chi connectivity index (χ3v) is 8.20. The van der Waals surface area contributed by atoms with Gasteiger partial charge in [0.25, 0.3) is 5.91 Å². The summed E-state index contributed by atoms with van der Waals surface area (Å²) in [4.78, 5) is 21.4. The molecule has 0 radical (unpaired) electrons. The van der Waals surface area contributed by atoms with Crippen LogP contribution in [0.15, 0.2) is 65.8 Å². The molecule has 0 N–H and O–H groups in total. The molecule has 11 heteroatoms. The Morgan fingerprint density at radius 3 is 2.29 bits per heavy atom. The van der Waals surface area contributed by atoms with Crippen molar-refractivity contribution in [1.82, 2.24) is 18.8 Å². The molecule has 2 aromatic carbocycles. The third kappa shape index (κ3) is 4.66. The molecule has 2 fully saturated rings. The van der Waals surface area contributed by atoms with Crippen LogP contribution in [0, 0.1) is 5.82 Å². The molecule has 5 rings (SSSR count). The van der Waals surface area contributed by atoms with Crippen molar-refractivity contribution < 1.29 is 22.3 Å². The van der Waals surface area contributed by atoms with Gasteiger partial charge in [0.1, 0.15) is 5.82 Å². The number of piperazine rings is 1. The van der Waals surface area contributed by atoms with Crippen molar-refractivity contribution in [3.63, 3.8) is 0 Å². The average molecular weight is 500 g/mol. The molecule has 1 aromatic heterocycles. The fourth-order valence-electron chi connectivity index (χ4n) is 4.36. The van der Waals surface area contributed by atoms with Gasteiger partial charge in [0.2, 0.25) is 16.0 Å². The molecule has 2 aliphatic heterocycles. The number of sulfonamides is 1. The van der Waals surface area contributed by atoms with E-state index in [1.165, 1.54) is 22.5 Å². The molecule has 0 unspecified atom stereocenters. The van der Waals surface area contributed by atoms with Gasteiger partial charge in [-0.1, -0.05) is 12.1 Å². The summed E-state index contributed by atoms with van der Waals surface area (Å²) in [6.45, 7) is 3.42. The topological polar surface area (TPSA) is 88.0 Å². The standard InChI is InChI=1S/C24H26FN5O4S/c25-21-3-1-2-4-22(21)30-10-9-26-24(30)28-13-11-27(12-14-28)23(31)19-5-7-20(8-6-19)35(32,33)29-15-17-34-18-16-29/h1-10H,11-18H2. The number of benzene rings is 2. The first-order valence-electron chi connectivity index (χ1n) is 11.5. The summed E-state index contributed by atoms with van der Waals surface area (Å²) in [7, 11) is -3.61. The van der Waals surface area contributed by atoms with Crippen LogP contribution in [-0.2, 0) is 14.8 Å². The minimum atomic E-state index is -3.61. The van der Waals surface area contributed by atoms with Gasteiger partial charge in [-0.05, 0) is 36.4 Å². The molecule has 0 atom stereocenters. The van der Waals surface area contributed by atoms with Crippen molar-refractivity contribution in [3.8, 4) is 5.69 Å². The second kappa shape index (κ2) is 9.76. The van der Waals surface area contributed by atoms with Gasteiger partial charge in [0, 0.05) is 57.2 Å². The van der Waals surface area contributed by atoms with Gasteiger partial charge in [-0.2, -0.15) is 4.31 Å². The molecule has 184 valence electrons. The fourth-order valence-corrected chi connectivity index (χ4v) is 5.77. The van der Waals surface area contributed by atoms with E-state index in [-0.39, 0.29) is 16.6 Å². The smallest absolute Gasteiger partial charge is 0.253 e. The minimum absolute atomic E-state index is 0.155. The van der Waals surface area contributed by atoms with Gasteiger partial charge in [-0.25, -0.2) is 17.8 Å². The highest BCUT2D eigenvalue weighted by atomic mass is 32.2. The number of hydrogen-bond acceptors (Lipinski definition) is 6. The Morgan fingerprint density at radius 2 is 1.60 bits per heavy atom. The lowest BCUT2D eigenvalue weighted by atomic mass is 10.2. The van der Waals surface area contributed by atoms with E-state index in [1.807, 2.05) is 4.90 Å². The number of amides is 1. The van der Waals surface area contributed by atoms with E-state index in [4.69, 9.17) is 4.74 Å². The zero-order valence-electron chi connectivity index (χ0n) is 19.1. The second-order valence-electron chi connectivity index (χ2n) is 8.37. The number of anilines is 1. The van der Waals surface area contributed by atoms with Crippen molar-refractivity contribution in [2.45, 2.75) is 4.90 Å². The van der Waals surface area contributed by atoms with Gasteiger partial charge < -0.3 is 14.5 Å². The van der Waals surface area contributed by atoms with Gasteiger partial charge in [0.15, 0.2) is 0 Å². The van der Waals surface area contributed by atoms with E-state index in [9.17, 15) is 17.6 Å². The summed E-state index contributed by atoms with van der Waals surface area (Å²) in [5.41, 5.74) is 0.859.